The zero-order chi connectivity index (χ0) is 22.8. The summed E-state index contributed by atoms with van der Waals surface area (Å²) in [5, 5.41) is 8.37. The molecule has 168 valence electrons. The third kappa shape index (κ3) is 4.67. The third-order valence-electron chi connectivity index (χ3n) is 4.88. The summed E-state index contributed by atoms with van der Waals surface area (Å²) in [4.78, 5) is 29.7. The van der Waals surface area contributed by atoms with Crippen molar-refractivity contribution in [1.29, 1.82) is 0 Å². The first-order valence-electron chi connectivity index (χ1n) is 10.1. The second kappa shape index (κ2) is 9.16. The molecular weight excluding hydrogens is 466 g/mol. The van der Waals surface area contributed by atoms with Gasteiger partial charge in [0.15, 0.2) is 17.1 Å². The highest BCUT2D eigenvalue weighted by molar-refractivity contribution is 7.98. The molecule has 0 unspecified atom stereocenters. The Morgan fingerprint density at radius 2 is 1.91 bits per heavy atom. The van der Waals surface area contributed by atoms with Gasteiger partial charge in [-0.1, -0.05) is 35.5 Å². The predicted molar refractivity (Wildman–Crippen MR) is 124 cm³/mol. The minimum Gasteiger partial charge on any atom is -0.486 e. The molecule has 2 aromatic carbocycles. The molecule has 1 N–H and O–H groups in total. The third-order valence-corrected chi connectivity index (χ3v) is 6.17. The fraction of sp³-hybridized carbons (Fsp3) is 0.182. The van der Waals surface area contributed by atoms with E-state index in [-0.39, 0.29) is 12.5 Å². The molecule has 0 spiro atoms. The summed E-state index contributed by atoms with van der Waals surface area (Å²) in [7, 11) is 0. The Bertz CT molecular complexity index is 1390. The van der Waals surface area contributed by atoms with Gasteiger partial charge in [-0.2, -0.15) is 0 Å². The van der Waals surface area contributed by atoms with Gasteiger partial charge in [0.25, 0.3) is 0 Å². The largest absolute Gasteiger partial charge is 0.486 e. The molecule has 2 aromatic heterocycles. The topological polar surface area (TPSA) is 99.8 Å². The van der Waals surface area contributed by atoms with Crippen molar-refractivity contribution in [2.24, 2.45) is 0 Å². The Labute approximate surface area is 197 Å². The Morgan fingerprint density at radius 3 is 2.73 bits per heavy atom. The zero-order valence-electron chi connectivity index (χ0n) is 17.2. The second-order valence-corrected chi connectivity index (χ2v) is 8.59. The molecule has 11 heteroatoms. The van der Waals surface area contributed by atoms with Crippen molar-refractivity contribution in [1.82, 2.24) is 19.2 Å². The summed E-state index contributed by atoms with van der Waals surface area (Å²) in [6.45, 7) is 0.702. The molecule has 0 saturated carbocycles. The number of nitrogens with zero attached hydrogens (tertiary/aromatic N) is 4. The molecule has 5 rings (SSSR count). The summed E-state index contributed by atoms with van der Waals surface area (Å²) in [5.74, 6) is 1.44. The average molecular weight is 484 g/mol. The van der Waals surface area contributed by atoms with Gasteiger partial charge < -0.3 is 14.8 Å². The van der Waals surface area contributed by atoms with Crippen molar-refractivity contribution >= 4 is 40.6 Å². The fourth-order valence-corrected chi connectivity index (χ4v) is 4.35. The van der Waals surface area contributed by atoms with E-state index in [2.05, 4.69) is 15.4 Å². The van der Waals surface area contributed by atoms with Gasteiger partial charge in [-0.3, -0.25) is 4.79 Å². The van der Waals surface area contributed by atoms with E-state index >= 15 is 0 Å². The maximum absolute atomic E-state index is 12.8. The second-order valence-electron chi connectivity index (χ2n) is 7.19. The monoisotopic (exact) mass is 483 g/mol. The van der Waals surface area contributed by atoms with E-state index in [1.165, 1.54) is 22.4 Å². The standard InChI is InChI=1S/C22H18ClN5O4S/c23-15-3-1-14(2-4-15)13-33-21-20-26-28(22(30)27(20)8-7-24-21)12-19(29)25-16-5-6-17-18(11-16)32-10-9-31-17/h1-8,11H,9-10,12-13H2,(H,25,29). The van der Waals surface area contributed by atoms with Crippen LogP contribution in [0.1, 0.15) is 5.56 Å². The lowest BCUT2D eigenvalue weighted by Gasteiger charge is -2.18. The van der Waals surface area contributed by atoms with Gasteiger partial charge in [0.1, 0.15) is 24.8 Å². The number of hydrogen-bond donors (Lipinski definition) is 1. The van der Waals surface area contributed by atoms with E-state index in [1.54, 1.807) is 24.4 Å². The average Bonchev–Trinajstić information content (AvgIpc) is 3.14. The molecule has 0 radical (unpaired) electrons. The van der Waals surface area contributed by atoms with E-state index in [0.29, 0.717) is 51.8 Å². The number of benzene rings is 2. The minimum absolute atomic E-state index is 0.240. The lowest BCUT2D eigenvalue weighted by Crippen LogP contribution is -2.28. The van der Waals surface area contributed by atoms with Crippen LogP contribution < -0.4 is 20.5 Å². The van der Waals surface area contributed by atoms with Gasteiger partial charge in [0.05, 0.1) is 0 Å². The first kappa shape index (κ1) is 21.4. The van der Waals surface area contributed by atoms with Crippen LogP contribution in [0.3, 0.4) is 0 Å². The molecule has 0 fully saturated rings. The maximum atomic E-state index is 12.8. The normalized spacial score (nSPS) is 12.6. The number of carbonyl (C=O) groups is 1. The number of aromatic nitrogens is 4. The van der Waals surface area contributed by atoms with E-state index in [4.69, 9.17) is 21.1 Å². The maximum Gasteiger partial charge on any atom is 0.350 e. The van der Waals surface area contributed by atoms with Crippen LogP contribution in [0.4, 0.5) is 5.69 Å². The number of ether oxygens (including phenoxy) is 2. The number of hydrogen-bond acceptors (Lipinski definition) is 7. The van der Waals surface area contributed by atoms with Crippen LogP contribution in [0.2, 0.25) is 5.02 Å². The Morgan fingerprint density at radius 1 is 1.12 bits per heavy atom. The number of nitrogens with one attached hydrogen (secondary N) is 1. The molecular formula is C22H18ClN5O4S. The van der Waals surface area contributed by atoms with Gasteiger partial charge in [0, 0.05) is 34.9 Å². The van der Waals surface area contributed by atoms with Crippen LogP contribution in [-0.4, -0.2) is 38.3 Å². The number of halogens is 1. The highest BCUT2D eigenvalue weighted by Gasteiger charge is 2.16. The van der Waals surface area contributed by atoms with Crippen molar-refractivity contribution in [3.8, 4) is 11.5 Å². The number of carbonyl (C=O) groups excluding carboxylic acids is 1. The van der Waals surface area contributed by atoms with Crippen LogP contribution in [0.5, 0.6) is 11.5 Å². The van der Waals surface area contributed by atoms with Crippen molar-refractivity contribution in [2.75, 3.05) is 18.5 Å². The van der Waals surface area contributed by atoms with Crippen molar-refractivity contribution in [3.05, 3.63) is 75.9 Å². The number of amides is 1. The summed E-state index contributed by atoms with van der Waals surface area (Å²) < 4.78 is 13.5. The van der Waals surface area contributed by atoms with Crippen molar-refractivity contribution < 1.29 is 14.3 Å². The van der Waals surface area contributed by atoms with Crippen LogP contribution in [0.15, 0.2) is 64.7 Å². The zero-order valence-corrected chi connectivity index (χ0v) is 18.8. The lowest BCUT2D eigenvalue weighted by atomic mass is 10.2. The lowest BCUT2D eigenvalue weighted by molar-refractivity contribution is -0.117. The van der Waals surface area contributed by atoms with E-state index in [0.717, 1.165) is 10.2 Å². The molecule has 1 aliphatic rings. The molecule has 0 bridgehead atoms. The number of anilines is 1. The number of rotatable bonds is 6. The molecule has 4 aromatic rings. The first-order valence-corrected chi connectivity index (χ1v) is 11.4. The molecule has 0 atom stereocenters. The SMILES string of the molecule is O=C(Cn1nc2c(SCc3ccc(Cl)cc3)nccn2c1=O)Nc1ccc2c(c1)OCCO2. The molecule has 0 aliphatic carbocycles. The van der Waals surface area contributed by atoms with Gasteiger partial charge in [-0.25, -0.2) is 18.9 Å². The summed E-state index contributed by atoms with van der Waals surface area (Å²) in [5.41, 5.74) is 1.59. The van der Waals surface area contributed by atoms with E-state index in [9.17, 15) is 9.59 Å². The quantitative estimate of drug-likeness (QED) is 0.420. The summed E-state index contributed by atoms with van der Waals surface area (Å²) >= 11 is 7.39. The summed E-state index contributed by atoms with van der Waals surface area (Å²) in [6, 6.07) is 12.7. The van der Waals surface area contributed by atoms with Crippen LogP contribution in [0, 0.1) is 0 Å². The molecule has 0 saturated heterocycles. The van der Waals surface area contributed by atoms with Gasteiger partial charge in [0.2, 0.25) is 5.91 Å². The molecule has 1 aliphatic heterocycles. The van der Waals surface area contributed by atoms with Crippen molar-refractivity contribution in [2.45, 2.75) is 17.3 Å². The van der Waals surface area contributed by atoms with Crippen LogP contribution in [0.25, 0.3) is 5.65 Å². The molecule has 3 heterocycles. The Hall–Kier alpha value is -3.50. The van der Waals surface area contributed by atoms with E-state index < -0.39 is 5.69 Å². The smallest absolute Gasteiger partial charge is 0.350 e. The van der Waals surface area contributed by atoms with Crippen molar-refractivity contribution in [3.63, 3.8) is 0 Å². The number of fused-ring (bicyclic) bond motifs is 2. The molecule has 1 amide bonds. The Kier molecular flexibility index (Phi) is 5.93. The predicted octanol–water partition coefficient (Wildman–Crippen LogP) is 3.25. The highest BCUT2D eigenvalue weighted by Crippen LogP contribution is 2.32. The Balaban J connectivity index is 1.31. The van der Waals surface area contributed by atoms with Crippen LogP contribution >= 0.6 is 23.4 Å². The minimum atomic E-state index is -0.418. The first-order chi connectivity index (χ1) is 16.1. The number of thioether (sulfide) groups is 1. The van der Waals surface area contributed by atoms with Gasteiger partial charge >= 0.3 is 5.69 Å². The van der Waals surface area contributed by atoms with Gasteiger partial charge in [-0.05, 0) is 29.8 Å². The highest BCUT2D eigenvalue weighted by atomic mass is 35.5. The summed E-state index contributed by atoms with van der Waals surface area (Å²) in [6.07, 6.45) is 3.08. The molecule has 9 nitrogen and oxygen atoms in total. The fourth-order valence-electron chi connectivity index (χ4n) is 3.32. The molecule has 33 heavy (non-hydrogen) atoms. The van der Waals surface area contributed by atoms with Crippen LogP contribution in [-0.2, 0) is 17.1 Å². The van der Waals surface area contributed by atoms with Gasteiger partial charge in [-0.15, -0.1) is 5.10 Å². The van der Waals surface area contributed by atoms with E-state index in [1.807, 2.05) is 24.3 Å².